The van der Waals surface area contributed by atoms with Crippen LogP contribution in [0.5, 0.6) is 0 Å². The van der Waals surface area contributed by atoms with Gasteiger partial charge in [0.2, 0.25) is 0 Å². The van der Waals surface area contributed by atoms with Crippen LogP contribution >= 0.6 is 0 Å². The molecular formula is C12H18N2. The van der Waals surface area contributed by atoms with Gasteiger partial charge in [0.25, 0.3) is 0 Å². The maximum absolute atomic E-state index is 4.29. The van der Waals surface area contributed by atoms with Crippen LogP contribution in [-0.4, -0.2) is 11.5 Å². The highest BCUT2D eigenvalue weighted by Gasteiger charge is 2.03. The Morgan fingerprint density at radius 1 is 1.57 bits per heavy atom. The predicted octanol–water partition coefficient (Wildman–Crippen LogP) is 2.70. The van der Waals surface area contributed by atoms with Gasteiger partial charge in [0.05, 0.1) is 5.69 Å². The van der Waals surface area contributed by atoms with Crippen molar-refractivity contribution in [3.05, 3.63) is 42.2 Å². The van der Waals surface area contributed by atoms with Crippen molar-refractivity contribution in [1.82, 2.24) is 10.3 Å². The van der Waals surface area contributed by atoms with Crippen LogP contribution in [0.4, 0.5) is 0 Å². The highest BCUT2D eigenvalue weighted by molar-refractivity contribution is 5.07. The Morgan fingerprint density at radius 3 is 2.93 bits per heavy atom. The van der Waals surface area contributed by atoms with E-state index in [1.807, 2.05) is 31.3 Å². The molecule has 14 heavy (non-hydrogen) atoms. The smallest absolute Gasteiger partial charge is 0.0570 e. The van der Waals surface area contributed by atoms with Crippen LogP contribution in [-0.2, 0) is 0 Å². The zero-order chi connectivity index (χ0) is 10.4. The van der Waals surface area contributed by atoms with E-state index >= 15 is 0 Å². The fourth-order valence-corrected chi connectivity index (χ4v) is 1.24. The molecule has 0 radical (unpaired) electrons. The fourth-order valence-electron chi connectivity index (χ4n) is 1.24. The van der Waals surface area contributed by atoms with E-state index in [1.165, 1.54) is 5.57 Å². The summed E-state index contributed by atoms with van der Waals surface area (Å²) in [5.41, 5.74) is 2.31. The van der Waals surface area contributed by atoms with Crippen molar-refractivity contribution in [2.24, 2.45) is 0 Å². The number of pyridine rings is 1. The van der Waals surface area contributed by atoms with E-state index in [4.69, 9.17) is 0 Å². The third-order valence-electron chi connectivity index (χ3n) is 2.13. The zero-order valence-electron chi connectivity index (χ0n) is 8.96. The van der Waals surface area contributed by atoms with Gasteiger partial charge in [-0.3, -0.25) is 4.98 Å². The molecule has 76 valence electrons. The van der Waals surface area contributed by atoms with Crippen molar-refractivity contribution in [3.63, 3.8) is 0 Å². The molecule has 0 unspecified atom stereocenters. The first-order valence-corrected chi connectivity index (χ1v) is 4.99. The van der Waals surface area contributed by atoms with E-state index in [0.717, 1.165) is 18.7 Å². The molecule has 0 aliphatic carbocycles. The number of rotatable bonds is 5. The van der Waals surface area contributed by atoms with Crippen LogP contribution in [0.15, 0.2) is 36.5 Å². The summed E-state index contributed by atoms with van der Waals surface area (Å²) in [6.07, 6.45) is 2.85. The molecule has 2 nitrogen and oxygen atoms in total. The summed E-state index contributed by atoms with van der Waals surface area (Å²) in [6.45, 7) is 9.01. The Morgan fingerprint density at radius 2 is 2.36 bits per heavy atom. The zero-order valence-corrected chi connectivity index (χ0v) is 8.96. The fraction of sp³-hybridized carbons (Fsp3) is 0.417. The van der Waals surface area contributed by atoms with Crippen molar-refractivity contribution in [3.8, 4) is 0 Å². The van der Waals surface area contributed by atoms with Crippen molar-refractivity contribution < 1.29 is 0 Å². The minimum Gasteiger partial charge on any atom is -0.309 e. The Labute approximate surface area is 86.1 Å². The van der Waals surface area contributed by atoms with Gasteiger partial charge in [-0.2, -0.15) is 0 Å². The van der Waals surface area contributed by atoms with Gasteiger partial charge in [0, 0.05) is 12.2 Å². The number of aromatic nitrogens is 1. The largest absolute Gasteiger partial charge is 0.309 e. The Hall–Kier alpha value is -1.15. The summed E-state index contributed by atoms with van der Waals surface area (Å²) in [5.74, 6) is 0. The summed E-state index contributed by atoms with van der Waals surface area (Å²) in [5, 5.41) is 3.41. The summed E-state index contributed by atoms with van der Waals surface area (Å²) in [4.78, 5) is 4.29. The molecule has 0 spiro atoms. The average molecular weight is 190 g/mol. The first kappa shape index (κ1) is 10.9. The van der Waals surface area contributed by atoms with Gasteiger partial charge < -0.3 is 5.32 Å². The van der Waals surface area contributed by atoms with Gasteiger partial charge in [-0.25, -0.2) is 0 Å². The first-order chi connectivity index (χ1) is 6.70. The molecule has 1 atom stereocenters. The summed E-state index contributed by atoms with van der Waals surface area (Å²) >= 11 is 0. The molecule has 0 aliphatic heterocycles. The molecular weight excluding hydrogens is 172 g/mol. The van der Waals surface area contributed by atoms with Crippen LogP contribution in [0.1, 0.15) is 32.0 Å². The molecule has 0 saturated carbocycles. The van der Waals surface area contributed by atoms with E-state index in [9.17, 15) is 0 Å². The maximum Gasteiger partial charge on any atom is 0.0570 e. The SMILES string of the molecule is C=C(C)CCN[C@H](C)c1ccccn1. The maximum atomic E-state index is 4.29. The van der Waals surface area contributed by atoms with Crippen molar-refractivity contribution in [2.45, 2.75) is 26.3 Å². The molecule has 0 amide bonds. The third kappa shape index (κ3) is 3.71. The lowest BCUT2D eigenvalue weighted by atomic mass is 10.2. The van der Waals surface area contributed by atoms with E-state index < -0.39 is 0 Å². The van der Waals surface area contributed by atoms with E-state index in [-0.39, 0.29) is 0 Å². The molecule has 0 bridgehead atoms. The monoisotopic (exact) mass is 190 g/mol. The molecule has 1 N–H and O–H groups in total. The highest BCUT2D eigenvalue weighted by Crippen LogP contribution is 2.07. The van der Waals surface area contributed by atoms with Crippen molar-refractivity contribution in [1.29, 1.82) is 0 Å². The quantitative estimate of drug-likeness (QED) is 0.722. The van der Waals surface area contributed by atoms with Crippen LogP contribution in [0, 0.1) is 0 Å². The van der Waals surface area contributed by atoms with Gasteiger partial charge in [-0.15, -0.1) is 6.58 Å². The van der Waals surface area contributed by atoms with E-state index in [2.05, 4.69) is 23.8 Å². The number of nitrogens with zero attached hydrogens (tertiary/aromatic N) is 1. The number of nitrogens with one attached hydrogen (secondary N) is 1. The highest BCUT2D eigenvalue weighted by atomic mass is 14.9. The molecule has 0 aliphatic rings. The topological polar surface area (TPSA) is 24.9 Å². The standard InChI is InChI=1S/C12H18N2/c1-10(2)7-9-13-11(3)12-6-4-5-8-14-12/h4-6,8,11,13H,1,7,9H2,2-3H3/t11-/m1/s1. The lowest BCUT2D eigenvalue weighted by Gasteiger charge is -2.12. The average Bonchev–Trinajstić information content (AvgIpc) is 2.18. The van der Waals surface area contributed by atoms with Crippen LogP contribution in [0.2, 0.25) is 0 Å². The Bertz CT molecular complexity index is 280. The Kier molecular flexibility index (Phi) is 4.33. The molecule has 0 saturated heterocycles. The summed E-state index contributed by atoms with van der Waals surface area (Å²) < 4.78 is 0. The van der Waals surface area contributed by atoms with Gasteiger partial charge in [-0.1, -0.05) is 11.6 Å². The summed E-state index contributed by atoms with van der Waals surface area (Å²) in [7, 11) is 0. The van der Waals surface area contributed by atoms with Gasteiger partial charge >= 0.3 is 0 Å². The normalized spacial score (nSPS) is 12.4. The van der Waals surface area contributed by atoms with E-state index in [1.54, 1.807) is 0 Å². The van der Waals surface area contributed by atoms with Gasteiger partial charge in [0.1, 0.15) is 0 Å². The lowest BCUT2D eigenvalue weighted by Crippen LogP contribution is -2.20. The third-order valence-corrected chi connectivity index (χ3v) is 2.13. The Balaban J connectivity index is 2.36. The minimum atomic E-state index is 0.315. The summed E-state index contributed by atoms with van der Waals surface area (Å²) in [6, 6.07) is 6.30. The van der Waals surface area contributed by atoms with Crippen LogP contribution in [0.25, 0.3) is 0 Å². The second-order valence-electron chi connectivity index (χ2n) is 3.64. The van der Waals surface area contributed by atoms with Gasteiger partial charge in [0.15, 0.2) is 0 Å². The predicted molar refractivity (Wildman–Crippen MR) is 60.1 cm³/mol. The molecule has 0 fully saturated rings. The van der Waals surface area contributed by atoms with E-state index in [0.29, 0.717) is 6.04 Å². The van der Waals surface area contributed by atoms with Gasteiger partial charge in [-0.05, 0) is 38.9 Å². The van der Waals surface area contributed by atoms with Crippen LogP contribution in [0.3, 0.4) is 0 Å². The van der Waals surface area contributed by atoms with Crippen molar-refractivity contribution >= 4 is 0 Å². The number of hydrogen-bond acceptors (Lipinski definition) is 2. The van der Waals surface area contributed by atoms with Crippen LogP contribution < -0.4 is 5.32 Å². The molecule has 1 heterocycles. The molecule has 1 rings (SSSR count). The minimum absolute atomic E-state index is 0.315. The lowest BCUT2D eigenvalue weighted by molar-refractivity contribution is 0.563. The number of hydrogen-bond donors (Lipinski definition) is 1. The molecule has 1 aromatic heterocycles. The molecule has 1 aromatic rings. The molecule has 2 heteroatoms. The first-order valence-electron chi connectivity index (χ1n) is 4.99. The second kappa shape index (κ2) is 5.55. The molecule has 0 aromatic carbocycles. The van der Waals surface area contributed by atoms with Crippen molar-refractivity contribution in [2.75, 3.05) is 6.54 Å². The second-order valence-corrected chi connectivity index (χ2v) is 3.64.